The second-order valence-corrected chi connectivity index (χ2v) is 6.95. The number of amides is 1. The molecule has 2 aromatic rings. The van der Waals surface area contributed by atoms with Crippen LogP contribution in [0.15, 0.2) is 66.2 Å². The molecule has 0 spiro atoms. The average Bonchev–Trinajstić information content (AvgIpc) is 2.71. The maximum Gasteiger partial charge on any atom is 0.242 e. The lowest BCUT2D eigenvalue weighted by Crippen LogP contribution is -2.38. The molecule has 0 fully saturated rings. The van der Waals surface area contributed by atoms with E-state index >= 15 is 0 Å². The summed E-state index contributed by atoms with van der Waals surface area (Å²) in [6, 6.07) is 17.0. The molecule has 142 valence electrons. The molecule has 1 aliphatic rings. The normalized spacial score (nSPS) is 14.8. The smallest absolute Gasteiger partial charge is 0.242 e. The van der Waals surface area contributed by atoms with E-state index in [2.05, 4.69) is 16.7 Å². The van der Waals surface area contributed by atoms with Gasteiger partial charge in [-0.3, -0.25) is 4.79 Å². The van der Waals surface area contributed by atoms with E-state index in [-0.39, 0.29) is 11.9 Å². The van der Waals surface area contributed by atoms with Crippen molar-refractivity contribution in [2.24, 2.45) is 0 Å². The molecule has 0 aliphatic heterocycles. The van der Waals surface area contributed by atoms with Crippen molar-refractivity contribution in [2.45, 2.75) is 45.1 Å². The number of anilines is 1. The third-order valence-electron chi connectivity index (χ3n) is 4.74. The van der Waals surface area contributed by atoms with E-state index in [0.29, 0.717) is 6.54 Å². The van der Waals surface area contributed by atoms with Gasteiger partial charge in [0.05, 0.1) is 0 Å². The Labute approximate surface area is 161 Å². The van der Waals surface area contributed by atoms with Crippen LogP contribution in [0, 0.1) is 0 Å². The molecule has 1 amide bonds. The van der Waals surface area contributed by atoms with Gasteiger partial charge in [0.25, 0.3) is 0 Å². The summed E-state index contributed by atoms with van der Waals surface area (Å²) in [7, 11) is 0. The molecule has 0 heterocycles. The molecule has 2 aromatic carbocycles. The third kappa shape index (κ3) is 6.17. The minimum atomic E-state index is -0.286. The standard InChI is InChI=1S/C23H28N2O2/c1-18(23(26)24-17-16-19-8-4-2-5-9-19)25-20-12-14-22(15-13-20)27-21-10-6-3-7-11-21/h3,6-8,10-15,18,25H,2,4-5,9,16-17H2,1H3,(H,24,26). The summed E-state index contributed by atoms with van der Waals surface area (Å²) in [6.07, 6.45) is 8.24. The van der Waals surface area contributed by atoms with E-state index in [1.165, 1.54) is 31.3 Å². The Hall–Kier alpha value is -2.75. The van der Waals surface area contributed by atoms with Gasteiger partial charge in [-0.25, -0.2) is 0 Å². The van der Waals surface area contributed by atoms with E-state index < -0.39 is 0 Å². The van der Waals surface area contributed by atoms with Gasteiger partial charge in [0.15, 0.2) is 0 Å². The van der Waals surface area contributed by atoms with Crippen molar-refractivity contribution in [2.75, 3.05) is 11.9 Å². The van der Waals surface area contributed by atoms with Crippen molar-refractivity contribution in [1.29, 1.82) is 0 Å². The maximum absolute atomic E-state index is 12.3. The Morgan fingerprint density at radius 2 is 1.78 bits per heavy atom. The molecule has 0 bridgehead atoms. The Balaban J connectivity index is 1.43. The summed E-state index contributed by atoms with van der Waals surface area (Å²) in [5.41, 5.74) is 2.38. The van der Waals surface area contributed by atoms with Crippen LogP contribution in [-0.2, 0) is 4.79 Å². The van der Waals surface area contributed by atoms with Crippen molar-refractivity contribution < 1.29 is 9.53 Å². The zero-order valence-corrected chi connectivity index (χ0v) is 15.9. The van der Waals surface area contributed by atoms with Gasteiger partial charge in [-0.1, -0.05) is 29.8 Å². The monoisotopic (exact) mass is 364 g/mol. The molecular weight excluding hydrogens is 336 g/mol. The van der Waals surface area contributed by atoms with Gasteiger partial charge < -0.3 is 15.4 Å². The SMILES string of the molecule is CC(Nc1ccc(Oc2ccccc2)cc1)C(=O)NCCC1=CCCCC1. The van der Waals surface area contributed by atoms with Crippen molar-refractivity contribution in [3.05, 3.63) is 66.2 Å². The largest absolute Gasteiger partial charge is 0.457 e. The molecule has 27 heavy (non-hydrogen) atoms. The number of rotatable bonds is 8. The van der Waals surface area contributed by atoms with Crippen LogP contribution >= 0.6 is 0 Å². The highest BCUT2D eigenvalue weighted by Crippen LogP contribution is 2.23. The van der Waals surface area contributed by atoms with Crippen molar-refractivity contribution >= 4 is 11.6 Å². The van der Waals surface area contributed by atoms with Crippen LogP contribution in [0.5, 0.6) is 11.5 Å². The number of nitrogens with one attached hydrogen (secondary N) is 2. The number of benzene rings is 2. The molecule has 4 nitrogen and oxygen atoms in total. The fraction of sp³-hybridized carbons (Fsp3) is 0.348. The number of allylic oxidation sites excluding steroid dienone is 1. The summed E-state index contributed by atoms with van der Waals surface area (Å²) >= 11 is 0. The van der Waals surface area contributed by atoms with E-state index in [0.717, 1.165) is 23.6 Å². The number of carbonyl (C=O) groups is 1. The maximum atomic E-state index is 12.3. The van der Waals surface area contributed by atoms with E-state index in [1.54, 1.807) is 0 Å². The molecule has 0 saturated carbocycles. The van der Waals surface area contributed by atoms with Crippen molar-refractivity contribution in [3.8, 4) is 11.5 Å². The van der Waals surface area contributed by atoms with Crippen LogP contribution in [0.1, 0.15) is 39.0 Å². The molecule has 3 rings (SSSR count). The molecule has 2 N–H and O–H groups in total. The van der Waals surface area contributed by atoms with E-state index in [4.69, 9.17) is 4.74 Å². The quantitative estimate of drug-likeness (QED) is 0.626. The predicted octanol–water partition coefficient (Wildman–Crippen LogP) is 5.29. The summed E-state index contributed by atoms with van der Waals surface area (Å²) in [6.45, 7) is 2.59. The van der Waals surface area contributed by atoms with Crippen LogP contribution in [0.25, 0.3) is 0 Å². The van der Waals surface area contributed by atoms with E-state index in [9.17, 15) is 4.79 Å². The highest BCUT2D eigenvalue weighted by molar-refractivity contribution is 5.84. The summed E-state index contributed by atoms with van der Waals surface area (Å²) in [4.78, 5) is 12.3. The minimum Gasteiger partial charge on any atom is -0.457 e. The number of carbonyl (C=O) groups excluding carboxylic acids is 1. The van der Waals surface area contributed by atoms with Gasteiger partial charge >= 0.3 is 0 Å². The highest BCUT2D eigenvalue weighted by Gasteiger charge is 2.12. The fourth-order valence-electron chi connectivity index (χ4n) is 3.19. The van der Waals surface area contributed by atoms with Crippen molar-refractivity contribution in [3.63, 3.8) is 0 Å². The summed E-state index contributed by atoms with van der Waals surface area (Å²) in [5.74, 6) is 1.60. The first-order valence-electron chi connectivity index (χ1n) is 9.76. The molecule has 1 unspecified atom stereocenters. The minimum absolute atomic E-state index is 0.0241. The van der Waals surface area contributed by atoms with Crippen LogP contribution < -0.4 is 15.4 Å². The number of hydrogen-bond acceptors (Lipinski definition) is 3. The summed E-state index contributed by atoms with van der Waals surface area (Å²) < 4.78 is 5.78. The Morgan fingerprint density at radius 1 is 1.04 bits per heavy atom. The highest BCUT2D eigenvalue weighted by atomic mass is 16.5. The van der Waals surface area contributed by atoms with E-state index in [1.807, 2.05) is 61.5 Å². The zero-order valence-electron chi connectivity index (χ0n) is 15.9. The van der Waals surface area contributed by atoms with Gasteiger partial charge in [-0.15, -0.1) is 0 Å². The second-order valence-electron chi connectivity index (χ2n) is 6.95. The number of para-hydroxylation sites is 1. The first kappa shape index (κ1) is 19.0. The molecule has 1 atom stereocenters. The van der Waals surface area contributed by atoms with Gasteiger partial charge in [0.2, 0.25) is 5.91 Å². The van der Waals surface area contributed by atoms with Gasteiger partial charge in [-0.05, 0) is 75.4 Å². The Bertz CT molecular complexity index is 754. The molecule has 0 aromatic heterocycles. The molecule has 4 heteroatoms. The molecular formula is C23H28N2O2. The van der Waals surface area contributed by atoms with Gasteiger partial charge in [0.1, 0.15) is 17.5 Å². The topological polar surface area (TPSA) is 50.4 Å². The Kier molecular flexibility index (Phi) is 6.91. The second kappa shape index (κ2) is 9.81. The molecule has 0 radical (unpaired) electrons. The number of hydrogen-bond donors (Lipinski definition) is 2. The van der Waals surface area contributed by atoms with Crippen LogP contribution in [-0.4, -0.2) is 18.5 Å². The third-order valence-corrected chi connectivity index (χ3v) is 4.74. The lowest BCUT2D eigenvalue weighted by molar-refractivity contribution is -0.121. The Morgan fingerprint density at radius 3 is 2.48 bits per heavy atom. The van der Waals surface area contributed by atoms with Gasteiger partial charge in [0, 0.05) is 12.2 Å². The average molecular weight is 364 g/mol. The first-order chi connectivity index (χ1) is 13.2. The molecule has 0 saturated heterocycles. The van der Waals surface area contributed by atoms with Crippen molar-refractivity contribution in [1.82, 2.24) is 5.32 Å². The zero-order chi connectivity index (χ0) is 18.9. The van der Waals surface area contributed by atoms with Crippen LogP contribution in [0.4, 0.5) is 5.69 Å². The predicted molar refractivity (Wildman–Crippen MR) is 110 cm³/mol. The lowest BCUT2D eigenvalue weighted by atomic mass is 9.97. The van der Waals surface area contributed by atoms with Gasteiger partial charge in [-0.2, -0.15) is 0 Å². The first-order valence-corrected chi connectivity index (χ1v) is 9.76. The summed E-state index contributed by atoms with van der Waals surface area (Å²) in [5, 5.41) is 6.27. The lowest BCUT2D eigenvalue weighted by Gasteiger charge is -2.17. The van der Waals surface area contributed by atoms with Crippen LogP contribution in [0.3, 0.4) is 0 Å². The fourth-order valence-corrected chi connectivity index (χ4v) is 3.19. The van der Waals surface area contributed by atoms with Crippen LogP contribution in [0.2, 0.25) is 0 Å². The number of ether oxygens (including phenoxy) is 1. The molecule has 1 aliphatic carbocycles.